The van der Waals surface area contributed by atoms with Gasteiger partial charge < -0.3 is 20.4 Å². The number of likely N-dealkylation sites (N-methyl/N-ethyl adjacent to an activating group) is 2. The Labute approximate surface area is 248 Å². The first-order valence-electron chi connectivity index (χ1n) is 13.8. The van der Waals surface area contributed by atoms with E-state index in [1.165, 1.54) is 16.0 Å². The number of rotatable bonds is 8. The van der Waals surface area contributed by atoms with E-state index in [1.54, 1.807) is 26.0 Å². The molecule has 2 N–H and O–H groups in total. The smallest absolute Gasteiger partial charge is 0.309 e. The highest BCUT2D eigenvalue weighted by Crippen LogP contribution is 2.26. The predicted molar refractivity (Wildman–Crippen MR) is 167 cm³/mol. The van der Waals surface area contributed by atoms with Crippen molar-refractivity contribution in [3.05, 3.63) is 75.4 Å². The molecule has 1 aliphatic rings. The summed E-state index contributed by atoms with van der Waals surface area (Å²) in [6.45, 7) is 1.25. The van der Waals surface area contributed by atoms with Gasteiger partial charge in [-0.15, -0.1) is 16.4 Å². The van der Waals surface area contributed by atoms with Gasteiger partial charge in [0.05, 0.1) is 4.88 Å². The molecule has 3 heterocycles. The number of piperidine rings is 1. The largest absolute Gasteiger partial charge is 0.347 e. The SMILES string of the molecule is CN(C)C(=O)C(c1ccc(Nc2nc(N3CCCC(NC(=O)c4cc5ccccc5s4)C3)nn(C)c2=O)cc1)N(C)C. The highest BCUT2D eigenvalue weighted by molar-refractivity contribution is 7.20. The zero-order valence-electron chi connectivity index (χ0n) is 24.5. The summed E-state index contributed by atoms with van der Waals surface area (Å²) < 4.78 is 2.36. The third kappa shape index (κ3) is 6.29. The van der Waals surface area contributed by atoms with Crippen molar-refractivity contribution in [1.82, 2.24) is 29.9 Å². The maximum atomic E-state index is 13.0. The number of nitrogens with one attached hydrogen (secondary N) is 2. The molecule has 1 fully saturated rings. The first-order chi connectivity index (χ1) is 20.1. The fraction of sp³-hybridized carbons (Fsp3) is 0.367. The molecular weight excluding hydrogens is 552 g/mol. The molecule has 2 unspecified atom stereocenters. The summed E-state index contributed by atoms with van der Waals surface area (Å²) in [6, 6.07) is 16.8. The molecule has 220 valence electrons. The Bertz CT molecular complexity index is 1610. The van der Waals surface area contributed by atoms with E-state index < -0.39 is 6.04 Å². The van der Waals surface area contributed by atoms with Crippen LogP contribution in [0.1, 0.15) is 34.1 Å². The minimum absolute atomic E-state index is 0.0186. The number of hydrogen-bond donors (Lipinski definition) is 2. The van der Waals surface area contributed by atoms with E-state index in [2.05, 4.69) is 20.7 Å². The number of benzene rings is 2. The van der Waals surface area contributed by atoms with Crippen LogP contribution in [-0.2, 0) is 11.8 Å². The number of amides is 2. The van der Waals surface area contributed by atoms with E-state index in [0.29, 0.717) is 29.6 Å². The summed E-state index contributed by atoms with van der Waals surface area (Å²) in [7, 11) is 8.80. The second kappa shape index (κ2) is 12.3. The van der Waals surface area contributed by atoms with Gasteiger partial charge in [0.2, 0.25) is 17.7 Å². The average molecular weight is 589 g/mol. The molecule has 0 spiro atoms. The summed E-state index contributed by atoms with van der Waals surface area (Å²) in [6.07, 6.45) is 1.70. The van der Waals surface area contributed by atoms with Gasteiger partial charge in [0, 0.05) is 50.7 Å². The molecule has 42 heavy (non-hydrogen) atoms. The molecular formula is C30H36N8O3S. The van der Waals surface area contributed by atoms with Crippen molar-refractivity contribution >= 4 is 50.7 Å². The molecule has 2 aromatic carbocycles. The third-order valence-electron chi connectivity index (χ3n) is 7.32. The van der Waals surface area contributed by atoms with Crippen molar-refractivity contribution < 1.29 is 9.59 Å². The number of aryl methyl sites for hydroxylation is 1. The summed E-state index contributed by atoms with van der Waals surface area (Å²) in [5.41, 5.74) is 1.16. The molecule has 2 aromatic heterocycles. The lowest BCUT2D eigenvalue weighted by atomic mass is 10.0. The number of carbonyl (C=O) groups excluding carboxylic acids is 2. The van der Waals surface area contributed by atoms with Crippen LogP contribution >= 0.6 is 11.3 Å². The van der Waals surface area contributed by atoms with Gasteiger partial charge in [-0.1, -0.05) is 30.3 Å². The van der Waals surface area contributed by atoms with Crippen LogP contribution in [0.2, 0.25) is 0 Å². The minimum atomic E-state index is -0.418. The third-order valence-corrected chi connectivity index (χ3v) is 8.43. The summed E-state index contributed by atoms with van der Waals surface area (Å²) in [5, 5.41) is 11.8. The molecule has 12 heteroatoms. The van der Waals surface area contributed by atoms with Gasteiger partial charge in [-0.25, -0.2) is 4.68 Å². The van der Waals surface area contributed by atoms with Gasteiger partial charge >= 0.3 is 5.56 Å². The van der Waals surface area contributed by atoms with E-state index >= 15 is 0 Å². The summed E-state index contributed by atoms with van der Waals surface area (Å²) in [4.78, 5) is 49.4. The van der Waals surface area contributed by atoms with Crippen LogP contribution in [0.3, 0.4) is 0 Å². The lowest BCUT2D eigenvalue weighted by molar-refractivity contribution is -0.133. The van der Waals surface area contributed by atoms with Crippen molar-refractivity contribution in [2.24, 2.45) is 7.05 Å². The van der Waals surface area contributed by atoms with Crippen molar-refractivity contribution in [3.63, 3.8) is 0 Å². The quantitative estimate of drug-likeness (QED) is 0.323. The van der Waals surface area contributed by atoms with Crippen molar-refractivity contribution in [1.29, 1.82) is 0 Å². The van der Waals surface area contributed by atoms with E-state index in [-0.39, 0.29) is 29.2 Å². The maximum Gasteiger partial charge on any atom is 0.309 e. The molecule has 5 rings (SSSR count). The molecule has 0 saturated carbocycles. The van der Waals surface area contributed by atoms with Crippen LogP contribution < -0.4 is 21.1 Å². The minimum Gasteiger partial charge on any atom is -0.347 e. The van der Waals surface area contributed by atoms with Crippen LogP contribution in [0.15, 0.2) is 59.4 Å². The monoisotopic (exact) mass is 588 g/mol. The van der Waals surface area contributed by atoms with Gasteiger partial charge in [-0.05, 0) is 62.2 Å². The second-order valence-corrected chi connectivity index (χ2v) is 12.0. The Morgan fingerprint density at radius 2 is 1.81 bits per heavy atom. The number of anilines is 3. The number of hydrogen-bond acceptors (Lipinski definition) is 9. The van der Waals surface area contributed by atoms with Crippen molar-refractivity contribution in [2.75, 3.05) is 51.5 Å². The lowest BCUT2D eigenvalue weighted by Crippen LogP contribution is -2.48. The molecule has 2 amide bonds. The van der Waals surface area contributed by atoms with Gasteiger partial charge in [-0.3, -0.25) is 19.3 Å². The normalized spacial score (nSPS) is 16.0. The summed E-state index contributed by atoms with van der Waals surface area (Å²) >= 11 is 1.49. The van der Waals surface area contributed by atoms with Crippen LogP contribution in [0.25, 0.3) is 10.1 Å². The van der Waals surface area contributed by atoms with Gasteiger partial charge in [-0.2, -0.15) is 4.98 Å². The average Bonchev–Trinajstić information content (AvgIpc) is 3.41. The topological polar surface area (TPSA) is 116 Å². The zero-order chi connectivity index (χ0) is 30.0. The first-order valence-corrected chi connectivity index (χ1v) is 14.7. The Morgan fingerprint density at radius 1 is 1.07 bits per heavy atom. The van der Waals surface area contributed by atoms with Crippen molar-refractivity contribution in [3.8, 4) is 0 Å². The van der Waals surface area contributed by atoms with Gasteiger partial charge in [0.1, 0.15) is 6.04 Å². The molecule has 0 bridgehead atoms. The van der Waals surface area contributed by atoms with E-state index in [4.69, 9.17) is 0 Å². The first kappa shape index (κ1) is 29.2. The fourth-order valence-corrected chi connectivity index (χ4v) is 6.10. The summed E-state index contributed by atoms with van der Waals surface area (Å²) in [5.74, 6) is 0.468. The van der Waals surface area contributed by atoms with E-state index in [0.717, 1.165) is 28.5 Å². The van der Waals surface area contributed by atoms with E-state index in [9.17, 15) is 14.4 Å². The molecule has 1 saturated heterocycles. The number of fused-ring (bicyclic) bond motifs is 1. The van der Waals surface area contributed by atoms with Gasteiger partial charge in [0.25, 0.3) is 5.91 Å². The van der Waals surface area contributed by atoms with Crippen molar-refractivity contribution in [2.45, 2.75) is 24.9 Å². The maximum absolute atomic E-state index is 13.0. The number of thiophene rings is 1. The molecule has 0 aliphatic carbocycles. The van der Waals surface area contributed by atoms with Gasteiger partial charge in [0.15, 0.2) is 0 Å². The fourth-order valence-electron chi connectivity index (χ4n) is 5.14. The Hall–Kier alpha value is -4.29. The van der Waals surface area contributed by atoms with Crippen LogP contribution in [-0.4, -0.2) is 83.7 Å². The van der Waals surface area contributed by atoms with Crippen LogP contribution in [0.4, 0.5) is 17.5 Å². The lowest BCUT2D eigenvalue weighted by Gasteiger charge is -2.33. The Kier molecular flexibility index (Phi) is 8.55. The van der Waals surface area contributed by atoms with Crippen LogP contribution in [0, 0.1) is 0 Å². The van der Waals surface area contributed by atoms with Crippen LogP contribution in [0.5, 0.6) is 0 Å². The molecule has 1 aliphatic heterocycles. The highest BCUT2D eigenvalue weighted by Gasteiger charge is 2.26. The zero-order valence-corrected chi connectivity index (χ0v) is 25.3. The molecule has 0 radical (unpaired) electrons. The Morgan fingerprint density at radius 3 is 2.50 bits per heavy atom. The molecule has 11 nitrogen and oxygen atoms in total. The number of nitrogens with zero attached hydrogens (tertiary/aromatic N) is 6. The Balaban J connectivity index is 1.29. The number of aromatic nitrogens is 3. The number of carbonyl (C=O) groups is 2. The predicted octanol–water partition coefficient (Wildman–Crippen LogP) is 3.22. The standard InChI is InChI=1S/C30H36N8O3S/c1-35(2)25(28(40)36(3)4)19-12-14-21(15-13-19)31-26-29(41)37(5)34-30(33-26)38-16-8-10-22(18-38)32-27(39)24-17-20-9-6-7-11-23(20)42-24/h6-7,9,11-15,17,22,25H,8,10,16,18H2,1-5H3,(H,32,39)(H,31,33,34). The second-order valence-electron chi connectivity index (χ2n) is 10.9. The van der Waals surface area contributed by atoms with E-state index in [1.807, 2.05) is 78.5 Å². The molecule has 2 atom stereocenters. The highest BCUT2D eigenvalue weighted by atomic mass is 32.1. The molecule has 4 aromatic rings.